The van der Waals surface area contributed by atoms with E-state index >= 15 is 0 Å². The summed E-state index contributed by atoms with van der Waals surface area (Å²) < 4.78 is 70.5. The highest BCUT2D eigenvalue weighted by atomic mass is 35.5. The lowest BCUT2D eigenvalue weighted by Crippen LogP contribution is -2.51. The van der Waals surface area contributed by atoms with Gasteiger partial charge in [-0.1, -0.05) is 29.3 Å². The lowest BCUT2D eigenvalue weighted by Gasteiger charge is -2.32. The lowest BCUT2D eigenvalue weighted by molar-refractivity contribution is -0.156. The molecule has 1 aliphatic rings. The smallest absolute Gasteiger partial charge is 0.410 e. The molecule has 1 aliphatic heterocycles. The number of likely N-dealkylation sites (tertiary alicyclic amines) is 1. The summed E-state index contributed by atoms with van der Waals surface area (Å²) in [5.74, 6) is -10.5. The molecule has 0 bridgehead atoms. The molecule has 9 nitrogen and oxygen atoms in total. The Morgan fingerprint density at radius 1 is 1.05 bits per heavy atom. The van der Waals surface area contributed by atoms with Gasteiger partial charge in [0.15, 0.2) is 17.4 Å². The van der Waals surface area contributed by atoms with Gasteiger partial charge in [-0.15, -0.1) is 0 Å². The van der Waals surface area contributed by atoms with Gasteiger partial charge in [0.05, 0.1) is 12.5 Å². The minimum absolute atomic E-state index is 0.000254. The van der Waals surface area contributed by atoms with Crippen molar-refractivity contribution in [1.82, 2.24) is 10.2 Å². The molecule has 1 unspecified atom stereocenters. The first-order valence-electron chi connectivity index (χ1n) is 13.6. The summed E-state index contributed by atoms with van der Waals surface area (Å²) >= 11 is 12.0. The van der Waals surface area contributed by atoms with Gasteiger partial charge in [-0.2, -0.15) is 8.78 Å². The van der Waals surface area contributed by atoms with Crippen molar-refractivity contribution in [3.63, 3.8) is 0 Å². The van der Waals surface area contributed by atoms with Crippen LogP contribution < -0.4 is 10.1 Å². The van der Waals surface area contributed by atoms with Crippen molar-refractivity contribution in [3.05, 3.63) is 63.1 Å². The molecule has 2 amide bonds. The summed E-state index contributed by atoms with van der Waals surface area (Å²) in [7, 11) is 0. The second-order valence-electron chi connectivity index (χ2n) is 11.1. The van der Waals surface area contributed by atoms with E-state index in [0.29, 0.717) is 15.6 Å². The molecule has 3 rings (SSSR count). The Morgan fingerprint density at radius 3 is 2.23 bits per heavy atom. The number of benzene rings is 2. The van der Waals surface area contributed by atoms with Gasteiger partial charge >= 0.3 is 12.1 Å². The largest absolute Gasteiger partial charge is 0.485 e. The van der Waals surface area contributed by atoms with E-state index in [2.05, 4.69) is 5.32 Å². The number of hydrogen-bond donors (Lipinski definition) is 2. The van der Waals surface area contributed by atoms with Crippen molar-refractivity contribution < 1.29 is 51.3 Å². The molecular weight excluding hydrogens is 635 g/mol. The molecule has 0 spiro atoms. The summed E-state index contributed by atoms with van der Waals surface area (Å²) in [5, 5.41) is 14.0. The molecule has 2 N–H and O–H groups in total. The monoisotopic (exact) mass is 666 g/mol. The first-order valence-corrected chi connectivity index (χ1v) is 14.3. The van der Waals surface area contributed by atoms with Crippen LogP contribution in [0.1, 0.15) is 45.6 Å². The van der Waals surface area contributed by atoms with E-state index in [4.69, 9.17) is 37.4 Å². The Kier molecular flexibility index (Phi) is 12.1. The summed E-state index contributed by atoms with van der Waals surface area (Å²) in [6.07, 6.45) is -2.50. The number of nitrogens with one attached hydrogen (secondary N) is 1. The zero-order valence-corrected chi connectivity index (χ0v) is 25.6. The van der Waals surface area contributed by atoms with E-state index in [1.54, 1.807) is 32.9 Å². The quantitative estimate of drug-likeness (QED) is 0.194. The number of hydrogen-bond acceptors (Lipinski definition) is 7. The minimum Gasteiger partial charge on any atom is -0.485 e. The molecule has 0 radical (unpaired) electrons. The number of amides is 2. The fourth-order valence-corrected chi connectivity index (χ4v) is 4.77. The van der Waals surface area contributed by atoms with Gasteiger partial charge in [-0.25, -0.2) is 13.6 Å². The van der Waals surface area contributed by atoms with Gasteiger partial charge < -0.3 is 29.5 Å². The van der Waals surface area contributed by atoms with E-state index in [0.717, 1.165) is 0 Å². The summed E-state index contributed by atoms with van der Waals surface area (Å²) in [6.45, 7) is 4.11. The number of aliphatic hydroxyl groups excluding tert-OH is 1. The average molecular weight is 667 g/mol. The first kappa shape index (κ1) is 35.2. The van der Waals surface area contributed by atoms with Gasteiger partial charge in [0.2, 0.25) is 17.5 Å². The third kappa shape index (κ3) is 9.86. The van der Waals surface area contributed by atoms with Crippen molar-refractivity contribution in [2.45, 2.75) is 64.4 Å². The molecule has 1 fully saturated rings. The second kappa shape index (κ2) is 15.1. The first-order chi connectivity index (χ1) is 20.6. The highest BCUT2D eigenvalue weighted by molar-refractivity contribution is 6.35. The third-order valence-corrected chi connectivity index (χ3v) is 7.15. The van der Waals surface area contributed by atoms with Crippen LogP contribution in [0.3, 0.4) is 0 Å². The van der Waals surface area contributed by atoms with Gasteiger partial charge in [0, 0.05) is 40.7 Å². The third-order valence-electron chi connectivity index (χ3n) is 6.56. The normalized spacial score (nSPS) is 15.4. The van der Waals surface area contributed by atoms with Crippen LogP contribution in [0, 0.1) is 29.2 Å². The molecule has 2 aromatic rings. The molecule has 2 atom stereocenters. The number of esters is 1. The van der Waals surface area contributed by atoms with Crippen LogP contribution >= 0.6 is 23.2 Å². The molecule has 44 heavy (non-hydrogen) atoms. The minimum atomic E-state index is -1.81. The maximum atomic E-state index is 14.0. The molecule has 242 valence electrons. The fourth-order valence-electron chi connectivity index (χ4n) is 4.30. The van der Waals surface area contributed by atoms with Crippen molar-refractivity contribution in [1.29, 1.82) is 0 Å². The van der Waals surface area contributed by atoms with Gasteiger partial charge in [-0.3, -0.25) is 9.59 Å². The van der Waals surface area contributed by atoms with Crippen LogP contribution in [0.5, 0.6) is 5.75 Å². The van der Waals surface area contributed by atoms with Gasteiger partial charge in [0.25, 0.3) is 0 Å². The van der Waals surface area contributed by atoms with E-state index in [9.17, 15) is 37.1 Å². The molecule has 0 saturated carbocycles. The van der Waals surface area contributed by atoms with Crippen molar-refractivity contribution in [2.24, 2.45) is 5.92 Å². The Labute approximate surface area is 261 Å². The number of ether oxygens (including phenoxy) is 3. The summed E-state index contributed by atoms with van der Waals surface area (Å²) in [6, 6.07) is 3.39. The SMILES string of the molecule is CC(C)(C)OC(=O)C[C@H](NC(=O)C1CCN(C(=O)OCc2ccc(Cl)cc2Cl)CC1)C(O)COc1c(F)c(F)cc(F)c1F. The van der Waals surface area contributed by atoms with Crippen molar-refractivity contribution in [3.8, 4) is 5.75 Å². The number of carbonyl (C=O) groups is 3. The topological polar surface area (TPSA) is 114 Å². The van der Waals surface area contributed by atoms with Crippen LogP contribution in [0.2, 0.25) is 10.0 Å². The Hall–Kier alpha value is -3.29. The second-order valence-corrected chi connectivity index (χ2v) is 12.0. The Bertz CT molecular complexity index is 1340. The van der Waals surface area contributed by atoms with E-state index in [1.165, 1.54) is 11.0 Å². The molecule has 0 aromatic heterocycles. The summed E-state index contributed by atoms with van der Waals surface area (Å²) in [4.78, 5) is 39.6. The van der Waals surface area contributed by atoms with Crippen LogP contribution in [0.15, 0.2) is 24.3 Å². The van der Waals surface area contributed by atoms with Gasteiger partial charge in [0.1, 0.15) is 24.9 Å². The lowest BCUT2D eigenvalue weighted by atomic mass is 9.95. The zero-order valence-electron chi connectivity index (χ0n) is 24.1. The van der Waals surface area contributed by atoms with Crippen LogP contribution in [-0.4, -0.2) is 65.4 Å². The predicted octanol–water partition coefficient (Wildman–Crippen LogP) is 5.55. The highest BCUT2D eigenvalue weighted by Gasteiger charge is 2.33. The standard InChI is InChI=1S/C29H32Cl2F4N2O7/c1-29(2,3)44-23(39)12-21(22(38)14-42-26-24(34)19(32)11-20(33)25(26)35)36-27(40)15-6-8-37(9-7-15)28(41)43-13-16-4-5-17(30)10-18(16)31/h4-5,10-11,15,21-22,38H,6-9,12-14H2,1-3H3,(H,36,40)/t21-,22?/m0/s1. The van der Waals surface area contributed by atoms with Crippen LogP contribution in [0.4, 0.5) is 22.4 Å². The number of rotatable bonds is 10. The van der Waals surface area contributed by atoms with Crippen LogP contribution in [-0.2, 0) is 25.7 Å². The maximum Gasteiger partial charge on any atom is 0.410 e. The molecule has 15 heteroatoms. The predicted molar refractivity (Wildman–Crippen MR) is 151 cm³/mol. The zero-order chi connectivity index (χ0) is 32.8. The van der Waals surface area contributed by atoms with E-state index in [-0.39, 0.29) is 38.6 Å². The van der Waals surface area contributed by atoms with E-state index < -0.39 is 83.7 Å². The fraction of sp³-hybridized carbons (Fsp3) is 0.483. The number of halogens is 6. The molecular formula is C29H32Cl2F4N2O7. The average Bonchev–Trinajstić information content (AvgIpc) is 2.94. The number of nitrogens with zero attached hydrogens (tertiary/aromatic N) is 1. The summed E-state index contributed by atoms with van der Waals surface area (Å²) in [5.41, 5.74) is -0.344. The Balaban J connectivity index is 1.60. The molecule has 2 aromatic carbocycles. The molecule has 0 aliphatic carbocycles. The van der Waals surface area contributed by atoms with Crippen LogP contribution in [0.25, 0.3) is 0 Å². The maximum absolute atomic E-state index is 14.0. The number of carbonyl (C=O) groups excluding carboxylic acids is 3. The highest BCUT2D eigenvalue weighted by Crippen LogP contribution is 2.27. The Morgan fingerprint density at radius 2 is 1.66 bits per heavy atom. The van der Waals surface area contributed by atoms with Crippen molar-refractivity contribution in [2.75, 3.05) is 19.7 Å². The number of aliphatic hydroxyl groups is 1. The van der Waals surface area contributed by atoms with E-state index in [1.807, 2.05) is 0 Å². The number of piperidine rings is 1. The van der Waals surface area contributed by atoms with Crippen molar-refractivity contribution >= 4 is 41.2 Å². The molecule has 1 heterocycles. The molecule has 1 saturated heterocycles. The van der Waals surface area contributed by atoms with Gasteiger partial charge in [-0.05, 0) is 45.7 Å².